The van der Waals surface area contributed by atoms with Gasteiger partial charge in [-0.25, -0.2) is 4.39 Å². The van der Waals surface area contributed by atoms with E-state index in [1.807, 2.05) is 12.3 Å². The molecule has 0 bridgehead atoms. The van der Waals surface area contributed by atoms with Gasteiger partial charge in [0.25, 0.3) is 0 Å². The lowest BCUT2D eigenvalue weighted by atomic mass is 10.2. The van der Waals surface area contributed by atoms with Gasteiger partial charge in [-0.15, -0.1) is 0 Å². The van der Waals surface area contributed by atoms with E-state index in [1.54, 1.807) is 23.9 Å². The minimum Gasteiger partial charge on any atom is -0.207 e. The van der Waals surface area contributed by atoms with Crippen molar-refractivity contribution in [2.45, 2.75) is 12.2 Å². The summed E-state index contributed by atoms with van der Waals surface area (Å²) in [5, 5.41) is 0.380. The van der Waals surface area contributed by atoms with Crippen LogP contribution in [0.25, 0.3) is 0 Å². The summed E-state index contributed by atoms with van der Waals surface area (Å²) in [5.74, 6) is -0.150. The van der Waals surface area contributed by atoms with E-state index in [4.69, 9.17) is 0 Å². The largest absolute Gasteiger partial charge is 0.207 e. The van der Waals surface area contributed by atoms with Crippen molar-refractivity contribution in [1.29, 1.82) is 0 Å². The zero-order valence-corrected chi connectivity index (χ0v) is 7.49. The molecule has 0 saturated carbocycles. The van der Waals surface area contributed by atoms with Crippen LogP contribution < -0.4 is 0 Å². The Morgan fingerprint density at radius 3 is 2.73 bits per heavy atom. The second kappa shape index (κ2) is 3.77. The summed E-state index contributed by atoms with van der Waals surface area (Å²) in [5.41, 5.74) is 1.05. The lowest BCUT2D eigenvalue weighted by molar-refractivity contribution is 0.625. The van der Waals surface area contributed by atoms with Gasteiger partial charge >= 0.3 is 0 Å². The first-order valence-corrected chi connectivity index (χ1v) is 4.81. The first-order chi connectivity index (χ1) is 5.24. The average molecular weight is 170 g/mol. The Kier molecular flexibility index (Phi) is 2.94. The molecule has 0 amide bonds. The van der Waals surface area contributed by atoms with Gasteiger partial charge in [0.15, 0.2) is 0 Å². The molecule has 1 aromatic carbocycles. The van der Waals surface area contributed by atoms with Crippen LogP contribution in [0, 0.1) is 5.82 Å². The summed E-state index contributed by atoms with van der Waals surface area (Å²) in [6, 6.07) is 6.75. The molecule has 0 saturated heterocycles. The number of benzene rings is 1. The molecule has 0 aromatic heterocycles. The number of hydrogen-bond acceptors (Lipinski definition) is 1. The fraction of sp³-hybridized carbons (Fsp3) is 0.333. The predicted octanol–water partition coefficient (Wildman–Crippen LogP) is 3.25. The minimum absolute atomic E-state index is 0.150. The lowest BCUT2D eigenvalue weighted by Gasteiger charge is -2.07. The van der Waals surface area contributed by atoms with E-state index >= 15 is 0 Å². The molecule has 0 fully saturated rings. The molecule has 1 aromatic rings. The average Bonchev–Trinajstić information content (AvgIpc) is 2.03. The van der Waals surface area contributed by atoms with E-state index in [-0.39, 0.29) is 5.82 Å². The van der Waals surface area contributed by atoms with Crippen molar-refractivity contribution in [3.63, 3.8) is 0 Å². The van der Waals surface area contributed by atoms with Crippen molar-refractivity contribution in [2.75, 3.05) is 6.26 Å². The zero-order chi connectivity index (χ0) is 8.27. The van der Waals surface area contributed by atoms with Crippen molar-refractivity contribution in [3.8, 4) is 0 Å². The fourth-order valence-corrected chi connectivity index (χ4v) is 1.31. The highest BCUT2D eigenvalue weighted by atomic mass is 32.2. The van der Waals surface area contributed by atoms with Gasteiger partial charge in [0.1, 0.15) is 5.82 Å². The molecule has 2 heteroatoms. The van der Waals surface area contributed by atoms with Crippen LogP contribution in [-0.2, 0) is 0 Å². The summed E-state index contributed by atoms with van der Waals surface area (Å²) in [6.45, 7) is 2.07. The quantitative estimate of drug-likeness (QED) is 0.656. The Labute approximate surface area is 70.8 Å². The lowest BCUT2D eigenvalue weighted by Crippen LogP contribution is -1.87. The molecular formula is C9H11FS. The van der Waals surface area contributed by atoms with Crippen LogP contribution in [0.1, 0.15) is 17.7 Å². The van der Waals surface area contributed by atoms with Crippen molar-refractivity contribution in [1.82, 2.24) is 0 Å². The maximum absolute atomic E-state index is 12.7. The summed E-state index contributed by atoms with van der Waals surface area (Å²) in [4.78, 5) is 0. The van der Waals surface area contributed by atoms with Crippen molar-refractivity contribution >= 4 is 11.8 Å². The summed E-state index contributed by atoms with van der Waals surface area (Å²) in [7, 11) is 0. The Morgan fingerprint density at radius 2 is 2.18 bits per heavy atom. The van der Waals surface area contributed by atoms with Gasteiger partial charge in [-0.1, -0.05) is 12.1 Å². The molecule has 1 atom stereocenters. The van der Waals surface area contributed by atoms with Crippen LogP contribution in [-0.4, -0.2) is 6.26 Å². The van der Waals surface area contributed by atoms with Gasteiger partial charge in [-0.2, -0.15) is 11.8 Å². The minimum atomic E-state index is -0.150. The van der Waals surface area contributed by atoms with Crippen LogP contribution in [0.15, 0.2) is 24.3 Å². The molecule has 60 valence electrons. The van der Waals surface area contributed by atoms with Crippen LogP contribution >= 0.6 is 11.8 Å². The molecule has 0 aliphatic heterocycles. The number of rotatable bonds is 2. The third-order valence-corrected chi connectivity index (χ3v) is 2.65. The maximum Gasteiger partial charge on any atom is 0.123 e. The Morgan fingerprint density at radius 1 is 1.45 bits per heavy atom. The third kappa shape index (κ3) is 2.22. The van der Waals surface area contributed by atoms with E-state index in [1.165, 1.54) is 6.07 Å². The first kappa shape index (κ1) is 8.60. The summed E-state index contributed by atoms with van der Waals surface area (Å²) < 4.78 is 12.7. The van der Waals surface area contributed by atoms with E-state index in [0.717, 1.165) is 5.56 Å². The number of hydrogen-bond donors (Lipinski definition) is 0. The summed E-state index contributed by atoms with van der Waals surface area (Å²) in [6.07, 6.45) is 2.02. The molecule has 0 aliphatic carbocycles. The van der Waals surface area contributed by atoms with Crippen molar-refractivity contribution in [2.24, 2.45) is 0 Å². The van der Waals surface area contributed by atoms with E-state index in [0.29, 0.717) is 5.25 Å². The van der Waals surface area contributed by atoms with Crippen LogP contribution in [0.2, 0.25) is 0 Å². The molecule has 1 unspecified atom stereocenters. The van der Waals surface area contributed by atoms with Gasteiger partial charge in [-0.3, -0.25) is 0 Å². The van der Waals surface area contributed by atoms with Crippen LogP contribution in [0.3, 0.4) is 0 Å². The number of halogens is 1. The zero-order valence-electron chi connectivity index (χ0n) is 6.67. The molecule has 1 rings (SSSR count). The SMILES string of the molecule is CSC(C)c1cccc(F)c1. The Balaban J connectivity index is 2.86. The van der Waals surface area contributed by atoms with Gasteiger partial charge in [0, 0.05) is 5.25 Å². The maximum atomic E-state index is 12.7. The molecule has 0 aliphatic rings. The fourth-order valence-electron chi connectivity index (χ4n) is 0.896. The van der Waals surface area contributed by atoms with E-state index in [2.05, 4.69) is 6.92 Å². The molecular weight excluding hydrogens is 159 g/mol. The van der Waals surface area contributed by atoms with Gasteiger partial charge in [0.2, 0.25) is 0 Å². The molecule has 0 N–H and O–H groups in total. The number of thioether (sulfide) groups is 1. The topological polar surface area (TPSA) is 0 Å². The second-order valence-corrected chi connectivity index (χ2v) is 3.61. The van der Waals surface area contributed by atoms with E-state index < -0.39 is 0 Å². The molecule has 0 heterocycles. The van der Waals surface area contributed by atoms with Crippen molar-refractivity contribution < 1.29 is 4.39 Å². The monoisotopic (exact) mass is 170 g/mol. The van der Waals surface area contributed by atoms with Crippen molar-refractivity contribution in [3.05, 3.63) is 35.6 Å². The molecule has 0 nitrogen and oxygen atoms in total. The van der Waals surface area contributed by atoms with Gasteiger partial charge in [-0.05, 0) is 30.9 Å². The highest BCUT2D eigenvalue weighted by Crippen LogP contribution is 2.25. The molecule has 0 spiro atoms. The Bertz CT molecular complexity index is 235. The van der Waals surface area contributed by atoms with Crippen LogP contribution in [0.4, 0.5) is 4.39 Å². The normalized spacial score (nSPS) is 13.0. The predicted molar refractivity (Wildman–Crippen MR) is 48.3 cm³/mol. The second-order valence-electron chi connectivity index (χ2n) is 2.43. The summed E-state index contributed by atoms with van der Waals surface area (Å²) >= 11 is 1.72. The molecule has 0 radical (unpaired) electrons. The molecule has 11 heavy (non-hydrogen) atoms. The highest BCUT2D eigenvalue weighted by molar-refractivity contribution is 7.98. The Hall–Kier alpha value is -0.500. The standard InChI is InChI=1S/C9H11FS/c1-7(11-2)8-4-3-5-9(10)6-8/h3-7H,1-2H3. The highest BCUT2D eigenvalue weighted by Gasteiger charge is 2.02. The van der Waals surface area contributed by atoms with Gasteiger partial charge in [0.05, 0.1) is 0 Å². The first-order valence-electron chi connectivity index (χ1n) is 3.52. The third-order valence-electron chi connectivity index (χ3n) is 1.67. The smallest absolute Gasteiger partial charge is 0.123 e. The van der Waals surface area contributed by atoms with Gasteiger partial charge < -0.3 is 0 Å². The van der Waals surface area contributed by atoms with Crippen LogP contribution in [0.5, 0.6) is 0 Å². The van der Waals surface area contributed by atoms with E-state index in [9.17, 15) is 4.39 Å².